The number of aromatic nitrogens is 1. The number of methoxy groups -OCH3 is 1. The second kappa shape index (κ2) is 8.47. The Morgan fingerprint density at radius 3 is 2.40 bits per heavy atom. The van der Waals surface area contributed by atoms with Crippen LogP contribution in [0, 0.1) is 5.82 Å². The first-order valence-electron chi connectivity index (χ1n) is 9.90. The fourth-order valence-corrected chi connectivity index (χ4v) is 4.87. The minimum Gasteiger partial charge on any atom is -0.497 e. The van der Waals surface area contributed by atoms with E-state index in [0.29, 0.717) is 24.4 Å². The lowest BCUT2D eigenvalue weighted by Gasteiger charge is -2.20. The Bertz CT molecular complexity index is 1120. The van der Waals surface area contributed by atoms with Crippen LogP contribution in [-0.2, 0) is 9.84 Å². The maximum Gasteiger partial charge on any atom is 0.236 e. The van der Waals surface area contributed by atoms with E-state index in [0.717, 1.165) is 37.8 Å². The molecule has 0 spiro atoms. The summed E-state index contributed by atoms with van der Waals surface area (Å²) in [6, 6.07) is 11.9. The molecule has 4 rings (SSSR count). The van der Waals surface area contributed by atoms with Crippen LogP contribution < -0.4 is 9.64 Å². The van der Waals surface area contributed by atoms with E-state index in [1.165, 1.54) is 12.1 Å². The van der Waals surface area contributed by atoms with E-state index < -0.39 is 15.7 Å². The van der Waals surface area contributed by atoms with Crippen molar-refractivity contribution in [1.82, 2.24) is 4.98 Å². The molecule has 3 aromatic rings. The normalized spacial score (nSPS) is 15.1. The molecule has 0 unspecified atom stereocenters. The van der Waals surface area contributed by atoms with Crippen LogP contribution >= 0.6 is 0 Å². The van der Waals surface area contributed by atoms with Gasteiger partial charge in [0.1, 0.15) is 11.6 Å². The molecular formula is C22H23FN2O4S. The van der Waals surface area contributed by atoms with Crippen molar-refractivity contribution in [1.29, 1.82) is 0 Å². The summed E-state index contributed by atoms with van der Waals surface area (Å²) in [7, 11) is -2.44. The number of hydrogen-bond acceptors (Lipinski definition) is 6. The topological polar surface area (TPSA) is 72.6 Å². The van der Waals surface area contributed by atoms with Crippen molar-refractivity contribution in [2.75, 3.05) is 25.1 Å². The van der Waals surface area contributed by atoms with Crippen LogP contribution in [0.2, 0.25) is 0 Å². The van der Waals surface area contributed by atoms with Crippen molar-refractivity contribution in [3.63, 3.8) is 0 Å². The van der Waals surface area contributed by atoms with Gasteiger partial charge in [-0.05, 0) is 55.3 Å². The molecule has 30 heavy (non-hydrogen) atoms. The number of sulfone groups is 1. The van der Waals surface area contributed by atoms with E-state index >= 15 is 0 Å². The molecule has 1 aliphatic rings. The third-order valence-corrected chi connectivity index (χ3v) is 6.84. The number of anilines is 1. The van der Waals surface area contributed by atoms with Crippen LogP contribution in [0.1, 0.15) is 25.7 Å². The smallest absolute Gasteiger partial charge is 0.236 e. The van der Waals surface area contributed by atoms with E-state index in [9.17, 15) is 12.8 Å². The lowest BCUT2D eigenvalue weighted by atomic mass is 10.2. The molecule has 0 N–H and O–H groups in total. The van der Waals surface area contributed by atoms with Gasteiger partial charge in [-0.15, -0.1) is 0 Å². The highest BCUT2D eigenvalue weighted by atomic mass is 32.2. The summed E-state index contributed by atoms with van der Waals surface area (Å²) in [5.41, 5.74) is 0.617. The SMILES string of the molecule is COc1cccc(-c2nc(S(=O)(=O)c3ccc(F)cc3)c(N3CCCCCC3)o2)c1. The fraction of sp³-hybridized carbons (Fsp3) is 0.318. The van der Waals surface area contributed by atoms with Gasteiger partial charge in [0.25, 0.3) is 0 Å². The van der Waals surface area contributed by atoms with E-state index in [4.69, 9.17) is 9.15 Å². The first kappa shape index (κ1) is 20.4. The lowest BCUT2D eigenvalue weighted by Crippen LogP contribution is -2.25. The molecule has 2 heterocycles. The Hall–Kier alpha value is -2.87. The molecule has 2 aromatic carbocycles. The maximum absolute atomic E-state index is 13.4. The van der Waals surface area contributed by atoms with Gasteiger partial charge < -0.3 is 14.1 Å². The maximum atomic E-state index is 13.4. The summed E-state index contributed by atoms with van der Waals surface area (Å²) >= 11 is 0. The Balaban J connectivity index is 1.84. The van der Waals surface area contributed by atoms with Gasteiger partial charge in [0, 0.05) is 18.7 Å². The zero-order valence-corrected chi connectivity index (χ0v) is 17.5. The number of ether oxygens (including phenoxy) is 1. The molecular weight excluding hydrogens is 407 g/mol. The standard InChI is InChI=1S/C22H23FN2O4S/c1-28-18-8-6-7-16(15-18)20-24-21(22(29-20)25-13-4-2-3-5-14-25)30(26,27)19-11-9-17(23)10-12-19/h6-12,15H,2-5,13-14H2,1H3. The van der Waals surface area contributed by atoms with E-state index in [2.05, 4.69) is 4.98 Å². The predicted molar refractivity (Wildman–Crippen MR) is 111 cm³/mol. The van der Waals surface area contributed by atoms with Crippen LogP contribution in [0.15, 0.2) is 62.9 Å². The first-order valence-corrected chi connectivity index (χ1v) is 11.4. The van der Waals surface area contributed by atoms with Crippen LogP contribution in [0.5, 0.6) is 5.75 Å². The quantitative estimate of drug-likeness (QED) is 0.546. The molecule has 0 saturated carbocycles. The molecule has 1 aliphatic heterocycles. The molecule has 6 nitrogen and oxygen atoms in total. The molecule has 8 heteroatoms. The Kier molecular flexibility index (Phi) is 5.76. The molecule has 1 fully saturated rings. The van der Waals surface area contributed by atoms with Gasteiger partial charge >= 0.3 is 0 Å². The number of halogens is 1. The van der Waals surface area contributed by atoms with Crippen LogP contribution in [0.3, 0.4) is 0 Å². The highest BCUT2D eigenvalue weighted by Crippen LogP contribution is 2.36. The lowest BCUT2D eigenvalue weighted by molar-refractivity contribution is 0.414. The first-order chi connectivity index (χ1) is 14.5. The molecule has 0 atom stereocenters. The van der Waals surface area contributed by atoms with Gasteiger partial charge in [0.2, 0.25) is 26.6 Å². The number of hydrogen-bond donors (Lipinski definition) is 0. The van der Waals surface area contributed by atoms with Gasteiger partial charge in [-0.25, -0.2) is 12.8 Å². The summed E-state index contributed by atoms with van der Waals surface area (Å²) < 4.78 is 51.4. The number of nitrogens with zero attached hydrogens (tertiary/aromatic N) is 2. The number of oxazole rings is 1. The van der Waals surface area contributed by atoms with Crippen molar-refractivity contribution in [3.8, 4) is 17.2 Å². The van der Waals surface area contributed by atoms with Gasteiger partial charge in [0.05, 0.1) is 12.0 Å². The van der Waals surface area contributed by atoms with E-state index in [-0.39, 0.29) is 21.7 Å². The van der Waals surface area contributed by atoms with Crippen molar-refractivity contribution in [2.45, 2.75) is 35.6 Å². The minimum atomic E-state index is -3.99. The minimum absolute atomic E-state index is 0.0227. The van der Waals surface area contributed by atoms with Crippen molar-refractivity contribution in [3.05, 3.63) is 54.3 Å². The number of rotatable bonds is 5. The van der Waals surface area contributed by atoms with Gasteiger partial charge in [-0.2, -0.15) is 4.98 Å². The van der Waals surface area contributed by atoms with Crippen molar-refractivity contribution >= 4 is 15.7 Å². The van der Waals surface area contributed by atoms with Crippen molar-refractivity contribution < 1.29 is 22.0 Å². The Morgan fingerprint density at radius 1 is 1.03 bits per heavy atom. The summed E-state index contributed by atoms with van der Waals surface area (Å²) in [5, 5.41) is -0.145. The largest absolute Gasteiger partial charge is 0.497 e. The van der Waals surface area contributed by atoms with Crippen LogP contribution in [0.25, 0.3) is 11.5 Å². The third-order valence-electron chi connectivity index (χ3n) is 5.17. The Morgan fingerprint density at radius 2 is 1.73 bits per heavy atom. The third kappa shape index (κ3) is 4.05. The van der Waals surface area contributed by atoms with Crippen LogP contribution in [0.4, 0.5) is 10.3 Å². The second-order valence-corrected chi connectivity index (χ2v) is 9.08. The number of benzene rings is 2. The molecule has 1 aromatic heterocycles. The predicted octanol–water partition coefficient (Wildman–Crippen LogP) is 4.70. The molecule has 0 bridgehead atoms. The summed E-state index contributed by atoms with van der Waals surface area (Å²) in [5.74, 6) is 0.553. The molecule has 158 valence electrons. The zero-order valence-electron chi connectivity index (χ0n) is 16.7. The molecule has 0 radical (unpaired) electrons. The molecule has 1 saturated heterocycles. The van der Waals surface area contributed by atoms with Gasteiger partial charge in [-0.3, -0.25) is 0 Å². The van der Waals surface area contributed by atoms with Crippen molar-refractivity contribution in [2.24, 2.45) is 0 Å². The highest BCUT2D eigenvalue weighted by molar-refractivity contribution is 7.91. The van der Waals surface area contributed by atoms with E-state index in [1.807, 2.05) is 4.90 Å². The zero-order chi connectivity index (χ0) is 21.1. The molecule has 0 aliphatic carbocycles. The second-order valence-electron chi connectivity index (χ2n) is 7.22. The van der Waals surface area contributed by atoms with Gasteiger partial charge in [0.15, 0.2) is 0 Å². The Labute approximate surface area is 175 Å². The van der Waals surface area contributed by atoms with Crippen LogP contribution in [-0.4, -0.2) is 33.6 Å². The monoisotopic (exact) mass is 430 g/mol. The average molecular weight is 431 g/mol. The van der Waals surface area contributed by atoms with Gasteiger partial charge in [-0.1, -0.05) is 18.9 Å². The summed E-state index contributed by atoms with van der Waals surface area (Å²) in [4.78, 5) is 6.31. The average Bonchev–Trinajstić information content (AvgIpc) is 3.04. The fourth-order valence-electron chi connectivity index (χ4n) is 3.55. The summed E-state index contributed by atoms with van der Waals surface area (Å²) in [6.07, 6.45) is 4.08. The van der Waals surface area contributed by atoms with E-state index in [1.54, 1.807) is 31.4 Å². The summed E-state index contributed by atoms with van der Waals surface area (Å²) in [6.45, 7) is 1.39. The highest BCUT2D eigenvalue weighted by Gasteiger charge is 2.31. The molecule has 0 amide bonds.